The topological polar surface area (TPSA) is 68.2 Å². The summed E-state index contributed by atoms with van der Waals surface area (Å²) in [5, 5.41) is 4.05. The highest BCUT2D eigenvalue weighted by Crippen LogP contribution is 2.34. The second-order valence-electron chi connectivity index (χ2n) is 6.32. The van der Waals surface area contributed by atoms with Crippen molar-refractivity contribution in [1.82, 2.24) is 15.0 Å². The van der Waals surface area contributed by atoms with Crippen molar-refractivity contribution in [3.63, 3.8) is 0 Å². The van der Waals surface area contributed by atoms with Crippen molar-refractivity contribution in [3.05, 3.63) is 11.7 Å². The largest absolute Gasteiger partial charge is 0.339 e. The third-order valence-corrected chi connectivity index (χ3v) is 3.47. The third-order valence-electron chi connectivity index (χ3n) is 3.47. The molecule has 0 saturated heterocycles. The Bertz CT molecular complexity index is 392. The van der Waals surface area contributed by atoms with Gasteiger partial charge in [0.15, 0.2) is 5.82 Å². The maximum atomic E-state index is 5.84. The predicted molar refractivity (Wildman–Crippen MR) is 70.0 cm³/mol. The van der Waals surface area contributed by atoms with Gasteiger partial charge in [-0.15, -0.1) is 0 Å². The number of rotatable bonds is 5. The first-order valence-electron chi connectivity index (χ1n) is 6.65. The summed E-state index contributed by atoms with van der Waals surface area (Å²) in [4.78, 5) is 6.70. The van der Waals surface area contributed by atoms with E-state index in [1.165, 1.54) is 12.8 Å². The van der Waals surface area contributed by atoms with E-state index in [9.17, 15) is 0 Å². The maximum Gasteiger partial charge on any atom is 0.232 e. The molecule has 102 valence electrons. The average Bonchev–Trinajstić information content (AvgIpc) is 2.97. The minimum Gasteiger partial charge on any atom is -0.339 e. The molecule has 0 spiro atoms. The first-order chi connectivity index (χ1) is 8.41. The fourth-order valence-electron chi connectivity index (χ4n) is 2.18. The molecule has 1 aromatic heterocycles. The zero-order valence-electron chi connectivity index (χ0n) is 11.8. The molecule has 0 aromatic carbocycles. The van der Waals surface area contributed by atoms with Crippen molar-refractivity contribution in [2.24, 2.45) is 11.7 Å². The third kappa shape index (κ3) is 3.09. The van der Waals surface area contributed by atoms with Gasteiger partial charge < -0.3 is 10.3 Å². The number of likely N-dealkylation sites (N-methyl/N-ethyl adjacent to an activating group) is 1. The number of nitrogens with zero attached hydrogens (tertiary/aromatic N) is 3. The molecule has 1 atom stereocenters. The number of hydrogen-bond acceptors (Lipinski definition) is 5. The predicted octanol–water partition coefficient (Wildman–Crippen LogP) is 1.54. The minimum absolute atomic E-state index is 0.0897. The van der Waals surface area contributed by atoms with Crippen LogP contribution in [0.4, 0.5) is 0 Å². The molecule has 5 heteroatoms. The summed E-state index contributed by atoms with van der Waals surface area (Å²) in [5.41, 5.74) is 5.75. The Hall–Kier alpha value is -0.940. The Morgan fingerprint density at radius 1 is 1.44 bits per heavy atom. The van der Waals surface area contributed by atoms with Crippen molar-refractivity contribution in [2.45, 2.75) is 51.6 Å². The molecule has 1 unspecified atom stereocenters. The lowest BCUT2D eigenvalue weighted by Gasteiger charge is -2.25. The summed E-state index contributed by atoms with van der Waals surface area (Å²) >= 11 is 0. The quantitative estimate of drug-likeness (QED) is 0.861. The highest BCUT2D eigenvalue weighted by atomic mass is 16.5. The van der Waals surface area contributed by atoms with E-state index in [0.717, 1.165) is 11.7 Å². The van der Waals surface area contributed by atoms with Crippen molar-refractivity contribution in [2.75, 3.05) is 13.6 Å². The van der Waals surface area contributed by atoms with Crippen LogP contribution in [0.3, 0.4) is 0 Å². The Balaban J connectivity index is 1.98. The van der Waals surface area contributed by atoms with Crippen LogP contribution in [-0.2, 0) is 12.0 Å². The van der Waals surface area contributed by atoms with Gasteiger partial charge in [-0.1, -0.05) is 25.9 Å². The summed E-state index contributed by atoms with van der Waals surface area (Å²) in [6, 6.07) is 0.446. The maximum absolute atomic E-state index is 5.84. The molecule has 0 amide bonds. The van der Waals surface area contributed by atoms with Crippen molar-refractivity contribution < 1.29 is 4.52 Å². The second-order valence-corrected chi connectivity index (χ2v) is 6.32. The van der Waals surface area contributed by atoms with Crippen molar-refractivity contribution in [1.29, 1.82) is 0 Å². The lowest BCUT2D eigenvalue weighted by atomic mass is 9.97. The van der Waals surface area contributed by atoms with Gasteiger partial charge >= 0.3 is 0 Å². The molecule has 1 heterocycles. The van der Waals surface area contributed by atoms with Crippen LogP contribution in [0.25, 0.3) is 0 Å². The molecule has 1 fully saturated rings. The molecule has 2 N–H and O–H groups in total. The number of aromatic nitrogens is 2. The van der Waals surface area contributed by atoms with E-state index < -0.39 is 0 Å². The van der Waals surface area contributed by atoms with Gasteiger partial charge in [-0.3, -0.25) is 4.90 Å². The average molecular weight is 252 g/mol. The summed E-state index contributed by atoms with van der Waals surface area (Å²) in [7, 11) is 2.09. The Labute approximate surface area is 109 Å². The molecular weight excluding hydrogens is 228 g/mol. The molecule has 0 aliphatic heterocycles. The molecule has 0 bridgehead atoms. The number of hydrogen-bond donors (Lipinski definition) is 1. The first-order valence-corrected chi connectivity index (χ1v) is 6.65. The van der Waals surface area contributed by atoms with E-state index in [1.807, 2.05) is 0 Å². The standard InChI is InChI=1S/C13H24N4O/c1-13(2,3)12-15-11(16-18-12)8-17(4)10(7-14)9-5-6-9/h9-10H,5-8,14H2,1-4H3. The fraction of sp³-hybridized carbons (Fsp3) is 0.846. The van der Waals surface area contributed by atoms with Crippen LogP contribution in [-0.4, -0.2) is 34.7 Å². The fourth-order valence-corrected chi connectivity index (χ4v) is 2.18. The van der Waals surface area contributed by atoms with E-state index in [-0.39, 0.29) is 5.41 Å². The second kappa shape index (κ2) is 4.97. The van der Waals surface area contributed by atoms with E-state index in [2.05, 4.69) is 42.9 Å². The molecule has 2 rings (SSSR count). The van der Waals surface area contributed by atoms with E-state index in [4.69, 9.17) is 10.3 Å². The molecule has 1 saturated carbocycles. The Morgan fingerprint density at radius 2 is 2.11 bits per heavy atom. The molecule has 1 aliphatic carbocycles. The smallest absolute Gasteiger partial charge is 0.232 e. The van der Waals surface area contributed by atoms with Gasteiger partial charge in [0.05, 0.1) is 6.54 Å². The summed E-state index contributed by atoms with van der Waals surface area (Å²) < 4.78 is 5.30. The van der Waals surface area contributed by atoms with Gasteiger partial charge in [0, 0.05) is 18.0 Å². The van der Waals surface area contributed by atoms with Gasteiger partial charge in [-0.25, -0.2) is 0 Å². The van der Waals surface area contributed by atoms with Crippen molar-refractivity contribution >= 4 is 0 Å². The normalized spacial score (nSPS) is 18.3. The van der Waals surface area contributed by atoms with Crippen LogP contribution < -0.4 is 5.73 Å². The van der Waals surface area contributed by atoms with Crippen molar-refractivity contribution in [3.8, 4) is 0 Å². The molecule has 18 heavy (non-hydrogen) atoms. The van der Waals surface area contributed by atoms with Crippen LogP contribution in [0.15, 0.2) is 4.52 Å². The van der Waals surface area contributed by atoms with Gasteiger partial charge in [-0.2, -0.15) is 4.98 Å². The molecule has 1 aromatic rings. The Kier molecular flexibility index (Phi) is 3.73. The van der Waals surface area contributed by atoms with Crippen LogP contribution in [0.5, 0.6) is 0 Å². The molecule has 1 aliphatic rings. The lowest BCUT2D eigenvalue weighted by molar-refractivity contribution is 0.207. The van der Waals surface area contributed by atoms with E-state index >= 15 is 0 Å². The van der Waals surface area contributed by atoms with E-state index in [1.54, 1.807) is 0 Å². The SMILES string of the molecule is CN(Cc1noc(C(C)(C)C)n1)C(CN)C1CC1. The highest BCUT2D eigenvalue weighted by molar-refractivity contribution is 4.99. The summed E-state index contributed by atoms with van der Waals surface area (Å²) in [5.74, 6) is 2.21. The zero-order valence-corrected chi connectivity index (χ0v) is 11.8. The summed E-state index contributed by atoms with van der Waals surface area (Å²) in [6.45, 7) is 7.62. The van der Waals surface area contributed by atoms with Gasteiger partial charge in [0.1, 0.15) is 0 Å². The molecular formula is C13H24N4O. The monoisotopic (exact) mass is 252 g/mol. The zero-order chi connectivity index (χ0) is 13.3. The van der Waals surface area contributed by atoms with Gasteiger partial charge in [0.2, 0.25) is 5.89 Å². The van der Waals surface area contributed by atoms with E-state index in [0.29, 0.717) is 25.0 Å². The van der Waals surface area contributed by atoms with Crippen LogP contribution in [0.1, 0.15) is 45.3 Å². The van der Waals surface area contributed by atoms with Gasteiger partial charge in [-0.05, 0) is 25.8 Å². The minimum atomic E-state index is -0.0897. The Morgan fingerprint density at radius 3 is 2.56 bits per heavy atom. The van der Waals surface area contributed by atoms with Crippen LogP contribution >= 0.6 is 0 Å². The van der Waals surface area contributed by atoms with Gasteiger partial charge in [0.25, 0.3) is 0 Å². The highest BCUT2D eigenvalue weighted by Gasteiger charge is 2.33. The molecule has 0 radical (unpaired) electrons. The molecule has 5 nitrogen and oxygen atoms in total. The number of nitrogens with two attached hydrogens (primary N) is 1. The first kappa shape index (κ1) is 13.5. The van der Waals surface area contributed by atoms with Crippen LogP contribution in [0.2, 0.25) is 0 Å². The summed E-state index contributed by atoms with van der Waals surface area (Å²) in [6.07, 6.45) is 2.59. The van der Waals surface area contributed by atoms with Crippen LogP contribution in [0, 0.1) is 5.92 Å². The lowest BCUT2D eigenvalue weighted by Crippen LogP contribution is -2.39.